The Hall–Kier alpha value is -1.71. The fourth-order valence-electron chi connectivity index (χ4n) is 1.76. The summed E-state index contributed by atoms with van der Waals surface area (Å²) < 4.78 is 5.62. The quantitative estimate of drug-likeness (QED) is 0.414. The van der Waals surface area contributed by atoms with Gasteiger partial charge in [0.15, 0.2) is 5.96 Å². The van der Waals surface area contributed by atoms with Gasteiger partial charge in [-0.3, -0.25) is 4.99 Å². The van der Waals surface area contributed by atoms with Crippen LogP contribution in [0.15, 0.2) is 29.3 Å². The van der Waals surface area contributed by atoms with Crippen LogP contribution in [0.5, 0.6) is 5.75 Å². The SMILES string of the molecule is CCCCN=C(N)NCCc1cccc(OCCC)c1. The van der Waals surface area contributed by atoms with E-state index in [4.69, 9.17) is 10.5 Å². The van der Waals surface area contributed by atoms with E-state index in [9.17, 15) is 0 Å². The van der Waals surface area contributed by atoms with Gasteiger partial charge in [-0.1, -0.05) is 32.4 Å². The number of nitrogens with one attached hydrogen (secondary N) is 1. The highest BCUT2D eigenvalue weighted by molar-refractivity contribution is 5.77. The lowest BCUT2D eigenvalue weighted by Gasteiger charge is -2.08. The van der Waals surface area contributed by atoms with Crippen molar-refractivity contribution in [3.05, 3.63) is 29.8 Å². The third-order valence-corrected chi connectivity index (χ3v) is 2.88. The topological polar surface area (TPSA) is 59.6 Å². The Balaban J connectivity index is 2.32. The molecule has 0 unspecified atom stereocenters. The van der Waals surface area contributed by atoms with E-state index in [0.717, 1.165) is 51.1 Å². The van der Waals surface area contributed by atoms with E-state index >= 15 is 0 Å². The van der Waals surface area contributed by atoms with Crippen LogP contribution in [-0.2, 0) is 6.42 Å². The van der Waals surface area contributed by atoms with Gasteiger partial charge in [-0.05, 0) is 37.0 Å². The monoisotopic (exact) mass is 277 g/mol. The Bertz CT molecular complexity index is 404. The second-order valence-corrected chi connectivity index (χ2v) is 4.79. The summed E-state index contributed by atoms with van der Waals surface area (Å²) in [7, 11) is 0. The molecule has 0 aliphatic rings. The van der Waals surface area contributed by atoms with Crippen molar-refractivity contribution in [3.63, 3.8) is 0 Å². The minimum Gasteiger partial charge on any atom is -0.494 e. The standard InChI is InChI=1S/C16H27N3O/c1-3-5-10-18-16(17)19-11-9-14-7-6-8-15(13-14)20-12-4-2/h6-8,13H,3-5,9-12H2,1-2H3,(H3,17,18,19). The highest BCUT2D eigenvalue weighted by Gasteiger charge is 1.98. The molecule has 1 aromatic carbocycles. The second kappa shape index (κ2) is 10.1. The Labute approximate surface area is 122 Å². The number of ether oxygens (including phenoxy) is 1. The third-order valence-electron chi connectivity index (χ3n) is 2.88. The van der Waals surface area contributed by atoms with Crippen LogP contribution in [0.2, 0.25) is 0 Å². The van der Waals surface area contributed by atoms with E-state index in [-0.39, 0.29) is 0 Å². The summed E-state index contributed by atoms with van der Waals surface area (Å²) in [6.45, 7) is 6.61. The summed E-state index contributed by atoms with van der Waals surface area (Å²) in [5.74, 6) is 1.48. The van der Waals surface area contributed by atoms with Crippen molar-refractivity contribution in [2.75, 3.05) is 19.7 Å². The Morgan fingerprint density at radius 3 is 2.90 bits per heavy atom. The van der Waals surface area contributed by atoms with Crippen molar-refractivity contribution in [3.8, 4) is 5.75 Å². The van der Waals surface area contributed by atoms with Crippen molar-refractivity contribution in [1.82, 2.24) is 5.32 Å². The minimum atomic E-state index is 0.539. The molecule has 112 valence electrons. The van der Waals surface area contributed by atoms with Crippen LogP contribution in [-0.4, -0.2) is 25.7 Å². The van der Waals surface area contributed by atoms with Gasteiger partial charge in [-0.2, -0.15) is 0 Å². The zero-order valence-corrected chi connectivity index (χ0v) is 12.7. The van der Waals surface area contributed by atoms with Crippen molar-refractivity contribution in [2.45, 2.75) is 39.5 Å². The predicted molar refractivity (Wildman–Crippen MR) is 85.3 cm³/mol. The first-order valence-corrected chi connectivity index (χ1v) is 7.51. The van der Waals surface area contributed by atoms with Crippen LogP contribution in [0.4, 0.5) is 0 Å². The molecule has 0 spiro atoms. The number of benzene rings is 1. The number of nitrogens with two attached hydrogens (primary N) is 1. The molecule has 3 N–H and O–H groups in total. The van der Waals surface area contributed by atoms with Crippen LogP contribution in [0.1, 0.15) is 38.7 Å². The molecule has 0 aromatic heterocycles. The maximum Gasteiger partial charge on any atom is 0.188 e. The first-order chi connectivity index (χ1) is 9.76. The molecule has 0 saturated heterocycles. The molecule has 4 nitrogen and oxygen atoms in total. The molecule has 0 radical (unpaired) electrons. The van der Waals surface area contributed by atoms with E-state index in [1.165, 1.54) is 5.56 Å². The summed E-state index contributed by atoms with van der Waals surface area (Å²) in [5.41, 5.74) is 7.03. The van der Waals surface area contributed by atoms with Gasteiger partial charge in [0.05, 0.1) is 6.61 Å². The fraction of sp³-hybridized carbons (Fsp3) is 0.562. The van der Waals surface area contributed by atoms with Gasteiger partial charge >= 0.3 is 0 Å². The Morgan fingerprint density at radius 2 is 2.15 bits per heavy atom. The normalized spacial score (nSPS) is 11.4. The minimum absolute atomic E-state index is 0.539. The van der Waals surface area contributed by atoms with Crippen molar-refractivity contribution in [1.29, 1.82) is 0 Å². The van der Waals surface area contributed by atoms with Gasteiger partial charge in [-0.15, -0.1) is 0 Å². The number of rotatable bonds is 9. The van der Waals surface area contributed by atoms with Crippen LogP contribution >= 0.6 is 0 Å². The zero-order valence-electron chi connectivity index (χ0n) is 12.7. The summed E-state index contributed by atoms with van der Waals surface area (Å²) in [5, 5.41) is 3.14. The van der Waals surface area contributed by atoms with Crippen LogP contribution < -0.4 is 15.8 Å². The largest absolute Gasteiger partial charge is 0.494 e. The Morgan fingerprint density at radius 1 is 1.30 bits per heavy atom. The number of unbranched alkanes of at least 4 members (excludes halogenated alkanes) is 1. The molecular weight excluding hydrogens is 250 g/mol. The lowest BCUT2D eigenvalue weighted by molar-refractivity contribution is 0.317. The van der Waals surface area contributed by atoms with Crippen LogP contribution in [0, 0.1) is 0 Å². The molecule has 0 aliphatic carbocycles. The first kappa shape index (κ1) is 16.3. The van der Waals surface area contributed by atoms with Gasteiger partial charge in [0.2, 0.25) is 0 Å². The zero-order chi connectivity index (χ0) is 14.6. The Kier molecular flexibility index (Phi) is 8.27. The maximum atomic E-state index is 5.79. The van der Waals surface area contributed by atoms with Gasteiger partial charge in [-0.25, -0.2) is 0 Å². The van der Waals surface area contributed by atoms with Crippen molar-refractivity contribution in [2.24, 2.45) is 10.7 Å². The molecule has 1 rings (SSSR count). The van der Waals surface area contributed by atoms with Crippen molar-refractivity contribution >= 4 is 5.96 Å². The lowest BCUT2D eigenvalue weighted by Crippen LogP contribution is -2.33. The average Bonchev–Trinajstić information content (AvgIpc) is 2.46. The summed E-state index contributed by atoms with van der Waals surface area (Å²) in [6.07, 6.45) is 4.16. The maximum absolute atomic E-state index is 5.79. The molecule has 0 atom stereocenters. The fourth-order valence-corrected chi connectivity index (χ4v) is 1.76. The van der Waals surface area contributed by atoms with E-state index < -0.39 is 0 Å². The molecule has 4 heteroatoms. The number of nitrogens with zero attached hydrogens (tertiary/aromatic N) is 1. The second-order valence-electron chi connectivity index (χ2n) is 4.79. The van der Waals surface area contributed by atoms with Gasteiger partial charge in [0.25, 0.3) is 0 Å². The molecular formula is C16H27N3O. The third kappa shape index (κ3) is 7.02. The molecule has 0 heterocycles. The van der Waals surface area contributed by atoms with E-state index in [1.807, 2.05) is 12.1 Å². The van der Waals surface area contributed by atoms with Crippen molar-refractivity contribution < 1.29 is 4.74 Å². The summed E-state index contributed by atoms with van der Waals surface area (Å²) in [4.78, 5) is 4.26. The molecule has 20 heavy (non-hydrogen) atoms. The van der Waals surface area contributed by atoms with Gasteiger partial charge in [0, 0.05) is 13.1 Å². The number of aliphatic imine (C=N–C) groups is 1. The van der Waals surface area contributed by atoms with E-state index in [2.05, 4.69) is 36.3 Å². The van der Waals surface area contributed by atoms with E-state index in [1.54, 1.807) is 0 Å². The highest BCUT2D eigenvalue weighted by atomic mass is 16.5. The number of guanidine groups is 1. The molecule has 0 amide bonds. The van der Waals surface area contributed by atoms with E-state index in [0.29, 0.717) is 5.96 Å². The highest BCUT2D eigenvalue weighted by Crippen LogP contribution is 2.13. The van der Waals surface area contributed by atoms with Crippen LogP contribution in [0.25, 0.3) is 0 Å². The predicted octanol–water partition coefficient (Wildman–Crippen LogP) is 2.72. The van der Waals surface area contributed by atoms with Gasteiger partial charge in [0.1, 0.15) is 5.75 Å². The molecule has 1 aromatic rings. The smallest absolute Gasteiger partial charge is 0.188 e. The van der Waals surface area contributed by atoms with Gasteiger partial charge < -0.3 is 15.8 Å². The lowest BCUT2D eigenvalue weighted by atomic mass is 10.1. The number of hydrogen-bond donors (Lipinski definition) is 2. The van der Waals surface area contributed by atoms with Crippen LogP contribution in [0.3, 0.4) is 0 Å². The average molecular weight is 277 g/mol. The molecule has 0 fully saturated rings. The summed E-state index contributed by atoms with van der Waals surface area (Å²) >= 11 is 0. The molecule has 0 saturated carbocycles. The number of hydrogen-bond acceptors (Lipinski definition) is 2. The first-order valence-electron chi connectivity index (χ1n) is 7.51. The summed E-state index contributed by atoms with van der Waals surface area (Å²) in [6, 6.07) is 8.21. The molecule has 0 bridgehead atoms. The molecule has 0 aliphatic heterocycles.